The molecule has 2 N–H and O–H groups in total. The maximum absolute atomic E-state index is 12.3. The van der Waals surface area contributed by atoms with Crippen LogP contribution in [0, 0.1) is 5.92 Å². The molecular formula is C31H33N7O. The molecule has 1 aliphatic heterocycles. The summed E-state index contributed by atoms with van der Waals surface area (Å²) in [5.74, 6) is 1.14. The van der Waals surface area contributed by atoms with E-state index in [1.807, 2.05) is 24.7 Å². The van der Waals surface area contributed by atoms with Gasteiger partial charge in [0, 0.05) is 49.4 Å². The molecule has 1 amide bonds. The molecular weight excluding hydrogens is 486 g/mol. The normalized spacial score (nSPS) is 18.0. The highest BCUT2D eigenvalue weighted by molar-refractivity contribution is 5.95. The number of pyridine rings is 2. The number of anilines is 2. The van der Waals surface area contributed by atoms with Crippen LogP contribution in [0.4, 0.5) is 11.4 Å². The quantitative estimate of drug-likeness (QED) is 0.390. The first-order chi connectivity index (χ1) is 19.1. The maximum atomic E-state index is 12.3. The van der Waals surface area contributed by atoms with E-state index in [1.54, 1.807) is 6.20 Å². The Morgan fingerprint density at radius 3 is 2.69 bits per heavy atom. The summed E-state index contributed by atoms with van der Waals surface area (Å²) < 4.78 is 0. The van der Waals surface area contributed by atoms with Gasteiger partial charge in [-0.3, -0.25) is 14.8 Å². The summed E-state index contributed by atoms with van der Waals surface area (Å²) in [6.45, 7) is 4.02. The van der Waals surface area contributed by atoms with Gasteiger partial charge in [0.1, 0.15) is 11.3 Å². The molecule has 0 spiro atoms. The van der Waals surface area contributed by atoms with Crippen molar-refractivity contribution in [1.29, 1.82) is 0 Å². The van der Waals surface area contributed by atoms with Crippen LogP contribution in [0.3, 0.4) is 0 Å². The van der Waals surface area contributed by atoms with Gasteiger partial charge in [0.05, 0.1) is 35.5 Å². The van der Waals surface area contributed by atoms with E-state index in [9.17, 15) is 4.79 Å². The van der Waals surface area contributed by atoms with E-state index >= 15 is 0 Å². The monoisotopic (exact) mass is 519 g/mol. The van der Waals surface area contributed by atoms with E-state index in [0.717, 1.165) is 103 Å². The molecule has 8 heteroatoms. The zero-order valence-corrected chi connectivity index (χ0v) is 22.3. The van der Waals surface area contributed by atoms with Crippen molar-refractivity contribution in [3.63, 3.8) is 0 Å². The summed E-state index contributed by atoms with van der Waals surface area (Å²) >= 11 is 0. The fourth-order valence-electron chi connectivity index (χ4n) is 5.68. The molecule has 0 atom stereocenters. The Bertz CT molecular complexity index is 1580. The number of carbonyl (C=O) groups is 1. The number of aromatic nitrogens is 4. The zero-order chi connectivity index (χ0) is 26.3. The third-order valence-corrected chi connectivity index (χ3v) is 8.16. The summed E-state index contributed by atoms with van der Waals surface area (Å²) in [7, 11) is 2.17. The number of likely N-dealkylation sites (N-methyl/N-ethyl adjacent to an activating group) is 1. The first-order valence-corrected chi connectivity index (χ1v) is 14.0. The summed E-state index contributed by atoms with van der Waals surface area (Å²) in [5.41, 5.74) is 9.52. The molecule has 1 aromatic carbocycles. The third-order valence-electron chi connectivity index (χ3n) is 8.16. The Morgan fingerprint density at radius 2 is 1.85 bits per heavy atom. The Labute approximate surface area is 228 Å². The van der Waals surface area contributed by atoms with Gasteiger partial charge in [0.15, 0.2) is 0 Å². The number of fused-ring (bicyclic) bond motifs is 2. The number of benzene rings is 1. The van der Waals surface area contributed by atoms with E-state index in [0.29, 0.717) is 0 Å². The van der Waals surface area contributed by atoms with Crippen LogP contribution >= 0.6 is 0 Å². The minimum Gasteiger partial charge on any atom is -0.366 e. The Kier molecular flexibility index (Phi) is 6.12. The standard InChI is InChI=1S/C31H33N7O/c1-37-10-12-38(13-11-37)28-19-33-18-27-29(28)36-30(35-27)25-5-3-2-4-20-6-9-22(15-26(20)25)23-14-24(17-32-16-23)34-31(39)21-7-8-21/h5-6,9,14-19,21H,2-4,7-8,10-13H2,1H3,(H,34,39)(H,35,36). The van der Waals surface area contributed by atoms with Crippen molar-refractivity contribution >= 4 is 33.9 Å². The summed E-state index contributed by atoms with van der Waals surface area (Å²) in [6.07, 6.45) is 14.8. The topological polar surface area (TPSA) is 90.0 Å². The van der Waals surface area contributed by atoms with Crippen molar-refractivity contribution in [2.24, 2.45) is 5.92 Å². The molecule has 4 aromatic rings. The molecule has 8 nitrogen and oxygen atoms in total. The lowest BCUT2D eigenvalue weighted by Crippen LogP contribution is -2.44. The van der Waals surface area contributed by atoms with Crippen molar-refractivity contribution < 1.29 is 4.79 Å². The van der Waals surface area contributed by atoms with E-state index < -0.39 is 0 Å². The number of nitrogens with one attached hydrogen (secondary N) is 2. The molecule has 1 saturated carbocycles. The minimum absolute atomic E-state index is 0.0939. The van der Waals surface area contributed by atoms with E-state index in [-0.39, 0.29) is 11.8 Å². The predicted octanol–water partition coefficient (Wildman–Crippen LogP) is 4.89. The van der Waals surface area contributed by atoms with Crippen LogP contribution in [0.1, 0.15) is 42.6 Å². The molecule has 0 radical (unpaired) electrons. The second kappa shape index (κ2) is 9.93. The summed E-state index contributed by atoms with van der Waals surface area (Å²) in [4.78, 5) is 34.8. The van der Waals surface area contributed by atoms with Crippen molar-refractivity contribution in [2.45, 2.75) is 32.1 Å². The maximum Gasteiger partial charge on any atom is 0.227 e. The average molecular weight is 520 g/mol. The van der Waals surface area contributed by atoms with E-state index in [1.165, 1.54) is 11.1 Å². The number of imidazole rings is 1. The first kappa shape index (κ1) is 24.0. The molecule has 0 bridgehead atoms. The van der Waals surface area contributed by atoms with Crippen molar-refractivity contribution in [3.05, 3.63) is 72.1 Å². The van der Waals surface area contributed by atoms with Crippen LogP contribution in [0.2, 0.25) is 0 Å². The number of allylic oxidation sites excluding steroid dienone is 1. The molecule has 1 saturated heterocycles. The van der Waals surface area contributed by atoms with Crippen molar-refractivity contribution in [3.8, 4) is 11.1 Å². The number of hydrogen-bond donors (Lipinski definition) is 2. The Morgan fingerprint density at radius 1 is 1.00 bits per heavy atom. The molecule has 2 aliphatic carbocycles. The van der Waals surface area contributed by atoms with Gasteiger partial charge in [-0.15, -0.1) is 0 Å². The molecule has 0 unspecified atom stereocenters. The van der Waals surface area contributed by atoms with E-state index in [2.05, 4.69) is 61.4 Å². The number of hydrogen-bond acceptors (Lipinski definition) is 6. The summed E-state index contributed by atoms with van der Waals surface area (Å²) in [5, 5.41) is 3.03. The molecule has 198 valence electrons. The lowest BCUT2D eigenvalue weighted by Gasteiger charge is -2.33. The summed E-state index contributed by atoms with van der Waals surface area (Å²) in [6, 6.07) is 8.67. The SMILES string of the molecule is CN1CCN(c2cncc3[nH]c(C4=CCCCc5ccc(-c6cncc(NC(=O)C7CC7)c6)cc54)nc23)CC1. The van der Waals surface area contributed by atoms with Gasteiger partial charge in [-0.25, -0.2) is 4.98 Å². The second-order valence-corrected chi connectivity index (χ2v) is 11.0. The van der Waals surface area contributed by atoms with Crippen LogP contribution in [0.25, 0.3) is 27.7 Å². The smallest absolute Gasteiger partial charge is 0.227 e. The van der Waals surface area contributed by atoms with Gasteiger partial charge in [0.2, 0.25) is 5.91 Å². The van der Waals surface area contributed by atoms with Crippen molar-refractivity contribution in [2.75, 3.05) is 43.4 Å². The van der Waals surface area contributed by atoms with Gasteiger partial charge in [-0.1, -0.05) is 18.2 Å². The molecule has 39 heavy (non-hydrogen) atoms. The number of rotatable bonds is 5. The Hall–Kier alpha value is -4.04. The molecule has 2 fully saturated rings. The molecule has 3 aliphatic rings. The second-order valence-electron chi connectivity index (χ2n) is 11.0. The minimum atomic E-state index is 0.0939. The Balaban J connectivity index is 1.24. The van der Waals surface area contributed by atoms with Crippen LogP contribution in [-0.4, -0.2) is 64.0 Å². The molecule has 3 aromatic heterocycles. The fraction of sp³-hybridized carbons (Fsp3) is 0.355. The van der Waals surface area contributed by atoms with Crippen LogP contribution in [0.15, 0.2) is 55.1 Å². The van der Waals surface area contributed by atoms with Crippen molar-refractivity contribution in [1.82, 2.24) is 24.8 Å². The number of amides is 1. The fourth-order valence-corrected chi connectivity index (χ4v) is 5.68. The van der Waals surface area contributed by atoms with Crippen LogP contribution in [0.5, 0.6) is 0 Å². The average Bonchev–Trinajstić information content (AvgIpc) is 3.76. The highest BCUT2D eigenvalue weighted by Crippen LogP contribution is 2.36. The number of piperazine rings is 1. The van der Waals surface area contributed by atoms with E-state index in [4.69, 9.17) is 4.98 Å². The van der Waals surface area contributed by atoms with Gasteiger partial charge in [0.25, 0.3) is 0 Å². The number of aryl methyl sites for hydroxylation is 1. The van der Waals surface area contributed by atoms with Crippen LogP contribution < -0.4 is 10.2 Å². The highest BCUT2D eigenvalue weighted by Gasteiger charge is 2.29. The first-order valence-electron chi connectivity index (χ1n) is 14.0. The lowest BCUT2D eigenvalue weighted by molar-refractivity contribution is -0.117. The number of aromatic amines is 1. The molecule has 7 rings (SSSR count). The van der Waals surface area contributed by atoms with Gasteiger partial charge < -0.3 is 20.1 Å². The number of carbonyl (C=O) groups excluding carboxylic acids is 1. The third kappa shape index (κ3) is 4.81. The largest absolute Gasteiger partial charge is 0.366 e. The van der Waals surface area contributed by atoms with Gasteiger partial charge in [-0.05, 0) is 68.0 Å². The molecule has 4 heterocycles. The predicted molar refractivity (Wildman–Crippen MR) is 155 cm³/mol. The number of H-pyrrole nitrogens is 1. The number of nitrogens with zero attached hydrogens (tertiary/aromatic N) is 5. The van der Waals surface area contributed by atoms with Gasteiger partial charge >= 0.3 is 0 Å². The highest BCUT2D eigenvalue weighted by atomic mass is 16.2. The van der Waals surface area contributed by atoms with Gasteiger partial charge in [-0.2, -0.15) is 0 Å². The lowest BCUT2D eigenvalue weighted by atomic mass is 9.94. The van der Waals surface area contributed by atoms with Crippen LogP contribution in [-0.2, 0) is 11.2 Å². The zero-order valence-electron chi connectivity index (χ0n) is 22.3.